The van der Waals surface area contributed by atoms with Crippen LogP contribution in [0.5, 0.6) is 0 Å². The number of alkyl halides is 2. The van der Waals surface area contributed by atoms with Crippen molar-refractivity contribution in [1.29, 1.82) is 0 Å². The van der Waals surface area contributed by atoms with E-state index in [2.05, 4.69) is 21.2 Å². The molecule has 0 aromatic heterocycles. The van der Waals surface area contributed by atoms with Crippen molar-refractivity contribution in [2.24, 2.45) is 0 Å². The van der Waals surface area contributed by atoms with Crippen molar-refractivity contribution in [3.8, 4) is 0 Å². The normalized spacial score (nSPS) is 18.1. The Morgan fingerprint density at radius 2 is 2.00 bits per heavy atom. The molecule has 0 radical (unpaired) electrons. The Kier molecular flexibility index (Phi) is 7.30. The lowest BCUT2D eigenvalue weighted by Crippen LogP contribution is -2.51. The molecule has 0 unspecified atom stereocenters. The molecule has 3 nitrogen and oxygen atoms in total. The van der Waals surface area contributed by atoms with E-state index in [9.17, 15) is 8.78 Å². The second-order valence-electron chi connectivity index (χ2n) is 4.78. The third-order valence-electron chi connectivity index (χ3n) is 3.39. The first-order valence-electron chi connectivity index (χ1n) is 6.34. The highest BCUT2D eigenvalue weighted by Gasteiger charge is 2.44. The zero-order valence-electron chi connectivity index (χ0n) is 11.2. The van der Waals surface area contributed by atoms with Crippen LogP contribution in [0.4, 0.5) is 8.78 Å². The summed E-state index contributed by atoms with van der Waals surface area (Å²) >= 11 is 9.17. The molecular formula is C13H17BrCl2F2N2O. The molecular weight excluding hydrogens is 389 g/mol. The van der Waals surface area contributed by atoms with E-state index < -0.39 is 18.6 Å². The predicted octanol–water partition coefficient (Wildman–Crippen LogP) is 3.10. The number of nitrogens with zero attached hydrogens (tertiary/aromatic N) is 1. The van der Waals surface area contributed by atoms with Gasteiger partial charge in [-0.15, -0.1) is 12.4 Å². The van der Waals surface area contributed by atoms with Crippen LogP contribution in [0.2, 0.25) is 5.02 Å². The molecule has 21 heavy (non-hydrogen) atoms. The number of hydrogen-bond donors (Lipinski definition) is 2. The smallest absolute Gasteiger partial charge is 0.289 e. The van der Waals surface area contributed by atoms with Crippen LogP contribution >= 0.6 is 39.9 Å². The van der Waals surface area contributed by atoms with E-state index in [-0.39, 0.29) is 12.4 Å². The fourth-order valence-corrected chi connectivity index (χ4v) is 2.95. The molecule has 1 aromatic carbocycles. The zero-order valence-corrected chi connectivity index (χ0v) is 14.3. The number of hydrogen-bond acceptors (Lipinski definition) is 3. The molecule has 120 valence electrons. The van der Waals surface area contributed by atoms with Gasteiger partial charge in [-0.1, -0.05) is 17.7 Å². The van der Waals surface area contributed by atoms with Crippen molar-refractivity contribution in [3.05, 3.63) is 33.3 Å². The Labute approximate surface area is 142 Å². The summed E-state index contributed by atoms with van der Waals surface area (Å²) < 4.78 is 28.9. The first kappa shape index (κ1) is 19.1. The second-order valence-corrected chi connectivity index (χ2v) is 6.04. The first-order chi connectivity index (χ1) is 9.45. The van der Waals surface area contributed by atoms with E-state index >= 15 is 0 Å². The maximum Gasteiger partial charge on any atom is 0.289 e. The third kappa shape index (κ3) is 4.50. The molecule has 0 amide bonds. The molecule has 1 aromatic rings. The van der Waals surface area contributed by atoms with Crippen LogP contribution in [0, 0.1) is 0 Å². The van der Waals surface area contributed by atoms with Crippen LogP contribution in [0.1, 0.15) is 11.6 Å². The Balaban J connectivity index is 0.00000220. The number of aliphatic hydroxyl groups is 1. The molecule has 0 spiro atoms. The summed E-state index contributed by atoms with van der Waals surface area (Å²) in [7, 11) is 0. The van der Waals surface area contributed by atoms with Gasteiger partial charge < -0.3 is 10.4 Å². The second kappa shape index (κ2) is 8.04. The van der Waals surface area contributed by atoms with Crippen LogP contribution in [0.3, 0.4) is 0 Å². The number of piperazine rings is 1. The number of rotatable bonds is 4. The van der Waals surface area contributed by atoms with Crippen LogP contribution in [0.25, 0.3) is 0 Å². The highest BCUT2D eigenvalue weighted by atomic mass is 79.9. The maximum absolute atomic E-state index is 14.2. The van der Waals surface area contributed by atoms with Gasteiger partial charge in [-0.05, 0) is 33.6 Å². The van der Waals surface area contributed by atoms with Crippen molar-refractivity contribution in [1.82, 2.24) is 10.2 Å². The SMILES string of the molecule is Cl.OCC(F)(F)[C@@H](c1ccc(Cl)c(Br)c1)N1CCNCC1. The molecule has 0 bridgehead atoms. The van der Waals surface area contributed by atoms with Gasteiger partial charge in [-0.3, -0.25) is 4.90 Å². The van der Waals surface area contributed by atoms with Gasteiger partial charge >= 0.3 is 0 Å². The Morgan fingerprint density at radius 3 is 2.52 bits per heavy atom. The van der Waals surface area contributed by atoms with E-state index in [0.717, 1.165) is 0 Å². The lowest BCUT2D eigenvalue weighted by molar-refractivity contribution is -0.118. The van der Waals surface area contributed by atoms with Gasteiger partial charge in [0.05, 0.1) is 5.02 Å². The van der Waals surface area contributed by atoms with Crippen LogP contribution in [-0.2, 0) is 0 Å². The summed E-state index contributed by atoms with van der Waals surface area (Å²) in [6.45, 7) is 1.17. The average molecular weight is 406 g/mol. The minimum atomic E-state index is -3.20. The van der Waals surface area contributed by atoms with Crippen LogP contribution in [-0.4, -0.2) is 48.7 Å². The summed E-state index contributed by atoms with van der Waals surface area (Å²) in [4.78, 5) is 1.70. The van der Waals surface area contributed by atoms with Gasteiger partial charge in [0, 0.05) is 30.7 Å². The molecule has 2 N–H and O–H groups in total. The molecule has 0 saturated carbocycles. The summed E-state index contributed by atoms with van der Waals surface area (Å²) in [5, 5.41) is 12.7. The van der Waals surface area contributed by atoms with E-state index in [4.69, 9.17) is 16.7 Å². The number of halogens is 5. The fraction of sp³-hybridized carbons (Fsp3) is 0.538. The molecule has 1 atom stereocenters. The Hall–Kier alpha value is 0.0200. The van der Waals surface area contributed by atoms with Gasteiger partial charge in [0.25, 0.3) is 5.92 Å². The minimum absolute atomic E-state index is 0. The number of nitrogens with one attached hydrogen (secondary N) is 1. The van der Waals surface area contributed by atoms with Crippen molar-refractivity contribution < 1.29 is 13.9 Å². The van der Waals surface area contributed by atoms with Gasteiger partial charge in [0.15, 0.2) is 0 Å². The van der Waals surface area contributed by atoms with Gasteiger partial charge in [0.1, 0.15) is 12.6 Å². The van der Waals surface area contributed by atoms with Crippen molar-refractivity contribution in [3.63, 3.8) is 0 Å². The highest BCUT2D eigenvalue weighted by molar-refractivity contribution is 9.10. The monoisotopic (exact) mass is 404 g/mol. The largest absolute Gasteiger partial charge is 0.390 e. The maximum atomic E-state index is 14.2. The van der Waals surface area contributed by atoms with E-state index in [0.29, 0.717) is 41.2 Å². The van der Waals surface area contributed by atoms with Crippen LogP contribution in [0.15, 0.2) is 22.7 Å². The predicted molar refractivity (Wildman–Crippen MR) is 85.6 cm³/mol. The van der Waals surface area contributed by atoms with Crippen molar-refractivity contribution >= 4 is 39.9 Å². The van der Waals surface area contributed by atoms with E-state index in [1.54, 1.807) is 23.1 Å². The minimum Gasteiger partial charge on any atom is -0.390 e. The highest BCUT2D eigenvalue weighted by Crippen LogP contribution is 2.38. The molecule has 2 rings (SSSR count). The number of aliphatic hydroxyl groups excluding tert-OH is 1. The molecule has 8 heteroatoms. The molecule has 1 fully saturated rings. The fourth-order valence-electron chi connectivity index (χ4n) is 2.43. The first-order valence-corrected chi connectivity index (χ1v) is 7.51. The molecule has 1 heterocycles. The van der Waals surface area contributed by atoms with Gasteiger partial charge in [0.2, 0.25) is 0 Å². The van der Waals surface area contributed by atoms with Gasteiger partial charge in [-0.2, -0.15) is 0 Å². The summed E-state index contributed by atoms with van der Waals surface area (Å²) in [5.74, 6) is -3.20. The van der Waals surface area contributed by atoms with Crippen molar-refractivity contribution in [2.75, 3.05) is 32.8 Å². The standard InChI is InChI=1S/C13H16BrClF2N2O.ClH/c14-10-7-9(1-2-11(10)15)12(13(16,17)8-20)19-5-3-18-4-6-19;/h1-2,7,12,18,20H,3-6,8H2;1H/t12-;/m1./s1. The van der Waals surface area contributed by atoms with E-state index in [1.165, 1.54) is 0 Å². The van der Waals surface area contributed by atoms with Crippen LogP contribution < -0.4 is 5.32 Å². The number of benzene rings is 1. The summed E-state index contributed by atoms with van der Waals surface area (Å²) in [5.41, 5.74) is 0.447. The zero-order chi connectivity index (χ0) is 14.8. The summed E-state index contributed by atoms with van der Waals surface area (Å²) in [6.07, 6.45) is 0. The Morgan fingerprint density at radius 1 is 1.38 bits per heavy atom. The lowest BCUT2D eigenvalue weighted by Gasteiger charge is -2.38. The Bertz CT molecular complexity index is 473. The van der Waals surface area contributed by atoms with Crippen molar-refractivity contribution in [2.45, 2.75) is 12.0 Å². The molecule has 1 aliphatic rings. The molecule has 1 saturated heterocycles. The summed E-state index contributed by atoms with van der Waals surface area (Å²) in [6, 6.07) is 3.62. The average Bonchev–Trinajstić information content (AvgIpc) is 2.44. The third-order valence-corrected chi connectivity index (χ3v) is 4.60. The quantitative estimate of drug-likeness (QED) is 0.807. The molecule has 1 aliphatic heterocycles. The topological polar surface area (TPSA) is 35.5 Å². The van der Waals surface area contributed by atoms with E-state index in [1.807, 2.05) is 0 Å². The van der Waals surface area contributed by atoms with Gasteiger partial charge in [-0.25, -0.2) is 8.78 Å². The lowest BCUT2D eigenvalue weighted by atomic mass is 9.98. The molecule has 0 aliphatic carbocycles.